The zero-order valence-corrected chi connectivity index (χ0v) is 12.4. The third-order valence-electron chi connectivity index (χ3n) is 2.55. The van der Waals surface area contributed by atoms with Gasteiger partial charge in [-0.2, -0.15) is 0 Å². The second kappa shape index (κ2) is 6.73. The van der Waals surface area contributed by atoms with E-state index in [-0.39, 0.29) is 0 Å². The smallest absolute Gasteiger partial charge is 0.318 e. The Balaban J connectivity index is 2.68. The van der Waals surface area contributed by atoms with Crippen LogP contribution in [0.4, 0.5) is 6.01 Å². The summed E-state index contributed by atoms with van der Waals surface area (Å²) >= 11 is 0. The van der Waals surface area contributed by atoms with E-state index in [0.717, 1.165) is 6.54 Å². The molecule has 0 amide bonds. The summed E-state index contributed by atoms with van der Waals surface area (Å²) in [5.74, 6) is 1.21. The molecule has 0 bridgehead atoms. The minimum absolute atomic E-state index is 0.360. The predicted octanol–water partition coefficient (Wildman–Crippen LogP) is 2.44. The van der Waals surface area contributed by atoms with Gasteiger partial charge in [0.25, 0.3) is 0 Å². The maximum Gasteiger partial charge on any atom is 0.318 e. The first-order valence-electron chi connectivity index (χ1n) is 6.72. The lowest BCUT2D eigenvalue weighted by Gasteiger charge is -2.26. The molecule has 5 nitrogen and oxygen atoms in total. The van der Waals surface area contributed by atoms with E-state index in [9.17, 15) is 0 Å². The van der Waals surface area contributed by atoms with Crippen molar-refractivity contribution in [1.29, 1.82) is 0 Å². The lowest BCUT2D eigenvalue weighted by Crippen LogP contribution is -2.34. The molecule has 1 rings (SSSR count). The Hall–Kier alpha value is -1.10. The zero-order valence-electron chi connectivity index (χ0n) is 12.4. The summed E-state index contributed by atoms with van der Waals surface area (Å²) in [4.78, 5) is 2.15. The summed E-state index contributed by atoms with van der Waals surface area (Å²) in [6.45, 7) is 14.4. The molecule has 0 spiro atoms. The largest absolute Gasteiger partial charge is 0.407 e. The monoisotopic (exact) mass is 254 g/mol. The first kappa shape index (κ1) is 15.0. The van der Waals surface area contributed by atoms with Crippen molar-refractivity contribution in [2.24, 2.45) is 5.92 Å². The van der Waals surface area contributed by atoms with E-state index in [1.165, 1.54) is 0 Å². The van der Waals surface area contributed by atoms with Gasteiger partial charge in [-0.05, 0) is 19.8 Å². The molecule has 1 heterocycles. The molecule has 0 radical (unpaired) electrons. The van der Waals surface area contributed by atoms with E-state index in [1.54, 1.807) is 0 Å². The maximum atomic E-state index is 5.70. The Morgan fingerprint density at radius 1 is 1.11 bits per heavy atom. The van der Waals surface area contributed by atoms with Crippen LogP contribution < -0.4 is 10.2 Å². The molecule has 1 N–H and O–H groups in total. The molecule has 0 fully saturated rings. The fourth-order valence-corrected chi connectivity index (χ4v) is 1.63. The molecular formula is C13H26N4O. The van der Waals surface area contributed by atoms with E-state index >= 15 is 0 Å². The predicted molar refractivity (Wildman–Crippen MR) is 73.6 cm³/mol. The van der Waals surface area contributed by atoms with Gasteiger partial charge < -0.3 is 14.6 Å². The highest BCUT2D eigenvalue weighted by atomic mass is 16.4. The molecular weight excluding hydrogens is 228 g/mol. The van der Waals surface area contributed by atoms with Gasteiger partial charge in [0.1, 0.15) is 0 Å². The Morgan fingerprint density at radius 2 is 1.78 bits per heavy atom. The number of aromatic nitrogens is 2. The minimum Gasteiger partial charge on any atom is -0.407 e. The van der Waals surface area contributed by atoms with Crippen LogP contribution in [0.3, 0.4) is 0 Å². The molecule has 5 heteroatoms. The summed E-state index contributed by atoms with van der Waals surface area (Å²) in [6.07, 6.45) is 0. The molecule has 104 valence electrons. The van der Waals surface area contributed by atoms with Crippen LogP contribution in [0.15, 0.2) is 4.42 Å². The summed E-state index contributed by atoms with van der Waals surface area (Å²) < 4.78 is 5.70. The van der Waals surface area contributed by atoms with E-state index < -0.39 is 0 Å². The number of nitrogens with zero attached hydrogens (tertiary/aromatic N) is 3. The number of rotatable bonds is 7. The molecule has 18 heavy (non-hydrogen) atoms. The zero-order chi connectivity index (χ0) is 13.7. The second-order valence-electron chi connectivity index (χ2n) is 5.65. The Labute approximate surface area is 110 Å². The molecule has 0 aliphatic rings. The normalized spacial score (nSPS) is 11.8. The lowest BCUT2D eigenvalue weighted by atomic mass is 10.2. The quantitative estimate of drug-likeness (QED) is 0.810. The van der Waals surface area contributed by atoms with Gasteiger partial charge in [0.05, 0.1) is 6.54 Å². The maximum absolute atomic E-state index is 5.70. The summed E-state index contributed by atoms with van der Waals surface area (Å²) in [5, 5.41) is 11.5. The number of anilines is 1. The van der Waals surface area contributed by atoms with Crippen LogP contribution >= 0.6 is 0 Å². The first-order chi connectivity index (χ1) is 8.40. The van der Waals surface area contributed by atoms with E-state index in [0.29, 0.717) is 36.5 Å². The van der Waals surface area contributed by atoms with Crippen LogP contribution in [0.1, 0.15) is 47.4 Å². The third kappa shape index (κ3) is 4.64. The van der Waals surface area contributed by atoms with E-state index in [4.69, 9.17) is 4.42 Å². The van der Waals surface area contributed by atoms with Gasteiger partial charge in [-0.15, -0.1) is 5.10 Å². The van der Waals surface area contributed by atoms with Crippen molar-refractivity contribution < 1.29 is 4.42 Å². The van der Waals surface area contributed by atoms with Crippen LogP contribution in [0.2, 0.25) is 0 Å². The van der Waals surface area contributed by atoms with Crippen molar-refractivity contribution in [3.05, 3.63) is 5.89 Å². The lowest BCUT2D eigenvalue weighted by molar-refractivity contribution is 0.430. The highest BCUT2D eigenvalue weighted by molar-refractivity contribution is 5.25. The van der Waals surface area contributed by atoms with Gasteiger partial charge in [-0.3, -0.25) is 0 Å². The third-order valence-corrected chi connectivity index (χ3v) is 2.55. The van der Waals surface area contributed by atoms with Crippen LogP contribution in [-0.2, 0) is 6.54 Å². The van der Waals surface area contributed by atoms with Gasteiger partial charge in [0, 0.05) is 18.6 Å². The highest BCUT2D eigenvalue weighted by Gasteiger charge is 2.18. The van der Waals surface area contributed by atoms with Crippen LogP contribution in [0.5, 0.6) is 0 Å². The fraction of sp³-hybridized carbons (Fsp3) is 0.846. The minimum atomic E-state index is 0.360. The topological polar surface area (TPSA) is 54.2 Å². The molecule has 0 aliphatic heterocycles. The van der Waals surface area contributed by atoms with Crippen molar-refractivity contribution in [1.82, 2.24) is 15.5 Å². The standard InChI is InChI=1S/C13H26N4O/c1-9(2)8-17(11(5)6)13-16-15-12(18-13)7-14-10(3)4/h9-11,14H,7-8H2,1-6H3. The number of nitrogens with one attached hydrogen (secondary N) is 1. The van der Waals surface area contributed by atoms with Gasteiger partial charge in [-0.1, -0.05) is 32.8 Å². The van der Waals surface area contributed by atoms with Gasteiger partial charge in [-0.25, -0.2) is 0 Å². The second-order valence-corrected chi connectivity index (χ2v) is 5.65. The van der Waals surface area contributed by atoms with Crippen molar-refractivity contribution in [3.8, 4) is 0 Å². The summed E-state index contributed by atoms with van der Waals surface area (Å²) in [5.41, 5.74) is 0. The van der Waals surface area contributed by atoms with Crippen molar-refractivity contribution in [3.63, 3.8) is 0 Å². The van der Waals surface area contributed by atoms with Crippen LogP contribution in [-0.4, -0.2) is 28.8 Å². The number of hydrogen-bond donors (Lipinski definition) is 1. The van der Waals surface area contributed by atoms with Crippen LogP contribution in [0, 0.1) is 5.92 Å². The summed E-state index contributed by atoms with van der Waals surface area (Å²) in [6, 6.07) is 1.40. The average Bonchev–Trinajstić information content (AvgIpc) is 2.70. The van der Waals surface area contributed by atoms with E-state index in [1.807, 2.05) is 0 Å². The molecule has 0 saturated heterocycles. The van der Waals surface area contributed by atoms with Gasteiger partial charge in [0.15, 0.2) is 0 Å². The van der Waals surface area contributed by atoms with Crippen molar-refractivity contribution in [2.75, 3.05) is 11.4 Å². The molecule has 0 saturated carbocycles. The van der Waals surface area contributed by atoms with E-state index in [2.05, 4.69) is 62.0 Å². The SMILES string of the molecule is CC(C)CN(c1nnc(CNC(C)C)o1)C(C)C. The Morgan fingerprint density at radius 3 is 2.28 bits per heavy atom. The molecule has 0 aromatic carbocycles. The Bertz CT molecular complexity index is 347. The molecule has 1 aromatic heterocycles. The van der Waals surface area contributed by atoms with Gasteiger partial charge in [0.2, 0.25) is 5.89 Å². The summed E-state index contributed by atoms with van der Waals surface area (Å²) in [7, 11) is 0. The Kier molecular flexibility index (Phi) is 5.59. The van der Waals surface area contributed by atoms with Gasteiger partial charge >= 0.3 is 6.01 Å². The van der Waals surface area contributed by atoms with Crippen LogP contribution in [0.25, 0.3) is 0 Å². The molecule has 1 aromatic rings. The van der Waals surface area contributed by atoms with Crippen molar-refractivity contribution >= 4 is 6.01 Å². The average molecular weight is 254 g/mol. The molecule has 0 atom stereocenters. The fourth-order valence-electron chi connectivity index (χ4n) is 1.63. The highest BCUT2D eigenvalue weighted by Crippen LogP contribution is 2.17. The first-order valence-corrected chi connectivity index (χ1v) is 6.72. The molecule has 0 aliphatic carbocycles. The van der Waals surface area contributed by atoms with Crippen molar-refractivity contribution in [2.45, 2.75) is 60.2 Å². The number of hydrogen-bond acceptors (Lipinski definition) is 5. The molecule has 0 unspecified atom stereocenters.